The van der Waals surface area contributed by atoms with E-state index >= 15 is 0 Å². The first kappa shape index (κ1) is 16.2. The summed E-state index contributed by atoms with van der Waals surface area (Å²) >= 11 is 0. The van der Waals surface area contributed by atoms with Crippen LogP contribution < -0.4 is 0 Å². The number of aliphatic hydroxyl groups excluding tert-OH is 1. The Hall–Kier alpha value is -2.13. The van der Waals surface area contributed by atoms with Crippen LogP contribution in [0.15, 0.2) is 24.4 Å². The third kappa shape index (κ3) is 3.20. The third-order valence-electron chi connectivity index (χ3n) is 3.71. The molecule has 6 heteroatoms. The molecule has 1 aromatic heterocycles. The lowest BCUT2D eigenvalue weighted by Crippen LogP contribution is -2.55. The van der Waals surface area contributed by atoms with Gasteiger partial charge in [-0.1, -0.05) is 6.07 Å². The SMILES string of the molecule is CC(C)(C)OC(=O)N1CC[C@@](C#N)(c2ccccn2)[C@H](O)C1. The largest absolute Gasteiger partial charge is 0.444 e. The molecule has 0 spiro atoms. The molecule has 0 bridgehead atoms. The van der Waals surface area contributed by atoms with Crippen LogP contribution in [-0.4, -0.2) is 45.9 Å². The molecule has 1 N–H and O–H groups in total. The van der Waals surface area contributed by atoms with Gasteiger partial charge in [-0.05, 0) is 39.3 Å². The highest BCUT2D eigenvalue weighted by molar-refractivity contribution is 5.68. The Bertz CT molecular complexity index is 577. The molecule has 6 nitrogen and oxygen atoms in total. The van der Waals surface area contributed by atoms with Gasteiger partial charge in [-0.15, -0.1) is 0 Å². The zero-order chi connectivity index (χ0) is 16.4. The van der Waals surface area contributed by atoms with E-state index in [0.717, 1.165) is 0 Å². The second-order valence-electron chi connectivity index (χ2n) is 6.49. The van der Waals surface area contributed by atoms with E-state index in [9.17, 15) is 15.2 Å². The van der Waals surface area contributed by atoms with Crippen molar-refractivity contribution in [3.8, 4) is 6.07 Å². The number of hydrogen-bond donors (Lipinski definition) is 1. The minimum Gasteiger partial charge on any atom is -0.444 e. The van der Waals surface area contributed by atoms with Gasteiger partial charge in [-0.2, -0.15) is 5.26 Å². The van der Waals surface area contributed by atoms with E-state index < -0.39 is 23.2 Å². The van der Waals surface area contributed by atoms with E-state index in [-0.39, 0.29) is 6.54 Å². The third-order valence-corrected chi connectivity index (χ3v) is 3.71. The van der Waals surface area contributed by atoms with E-state index in [1.165, 1.54) is 4.90 Å². The van der Waals surface area contributed by atoms with Crippen LogP contribution in [0.3, 0.4) is 0 Å². The molecule has 1 amide bonds. The van der Waals surface area contributed by atoms with E-state index in [2.05, 4.69) is 11.1 Å². The Morgan fingerprint density at radius 3 is 2.77 bits per heavy atom. The molecule has 22 heavy (non-hydrogen) atoms. The molecule has 0 aromatic carbocycles. The second kappa shape index (κ2) is 5.93. The van der Waals surface area contributed by atoms with Crippen LogP contribution in [0.2, 0.25) is 0 Å². The summed E-state index contributed by atoms with van der Waals surface area (Å²) in [6.45, 7) is 5.77. The van der Waals surface area contributed by atoms with Crippen LogP contribution in [0.5, 0.6) is 0 Å². The van der Waals surface area contributed by atoms with Crippen LogP contribution >= 0.6 is 0 Å². The minimum atomic E-state index is -1.08. The second-order valence-corrected chi connectivity index (χ2v) is 6.49. The number of ether oxygens (including phenoxy) is 1. The number of piperidine rings is 1. The lowest BCUT2D eigenvalue weighted by Gasteiger charge is -2.41. The highest BCUT2D eigenvalue weighted by Gasteiger charge is 2.46. The predicted octanol–water partition coefficient (Wildman–Crippen LogP) is 1.84. The van der Waals surface area contributed by atoms with E-state index in [1.807, 2.05) is 0 Å². The highest BCUT2D eigenvalue weighted by Crippen LogP contribution is 2.34. The summed E-state index contributed by atoms with van der Waals surface area (Å²) in [5.41, 5.74) is -1.14. The Balaban J connectivity index is 2.16. The van der Waals surface area contributed by atoms with Crippen molar-refractivity contribution in [2.45, 2.75) is 44.3 Å². The van der Waals surface area contributed by atoms with Gasteiger partial charge in [0.25, 0.3) is 0 Å². The average molecular weight is 303 g/mol. The molecule has 2 rings (SSSR count). The number of nitrogens with zero attached hydrogens (tertiary/aromatic N) is 3. The van der Waals surface area contributed by atoms with Gasteiger partial charge in [0.1, 0.15) is 11.0 Å². The maximum atomic E-state index is 12.1. The molecule has 118 valence electrons. The van der Waals surface area contributed by atoms with Crippen molar-refractivity contribution in [2.75, 3.05) is 13.1 Å². The maximum absolute atomic E-state index is 12.1. The Morgan fingerprint density at radius 2 is 2.27 bits per heavy atom. The summed E-state index contributed by atoms with van der Waals surface area (Å²) in [7, 11) is 0. The number of aliphatic hydroxyl groups is 1. The lowest BCUT2D eigenvalue weighted by molar-refractivity contribution is -0.0126. The molecule has 0 radical (unpaired) electrons. The fourth-order valence-electron chi connectivity index (χ4n) is 2.54. The van der Waals surface area contributed by atoms with Crippen molar-refractivity contribution in [3.05, 3.63) is 30.1 Å². The van der Waals surface area contributed by atoms with E-state index in [1.54, 1.807) is 45.2 Å². The van der Waals surface area contributed by atoms with Crippen molar-refractivity contribution < 1.29 is 14.6 Å². The van der Waals surface area contributed by atoms with Gasteiger partial charge in [0.05, 0.1) is 24.4 Å². The highest BCUT2D eigenvalue weighted by atomic mass is 16.6. The monoisotopic (exact) mass is 303 g/mol. The molecule has 1 fully saturated rings. The molecular formula is C16H21N3O3. The Morgan fingerprint density at radius 1 is 1.55 bits per heavy atom. The zero-order valence-corrected chi connectivity index (χ0v) is 13.1. The number of β-amino-alcohol motifs (C(OH)–C–C–N with tert-alkyl or cyclic N) is 1. The van der Waals surface area contributed by atoms with Gasteiger partial charge in [0, 0.05) is 12.7 Å². The fourth-order valence-corrected chi connectivity index (χ4v) is 2.54. The number of carbonyl (C=O) groups excluding carboxylic acids is 1. The number of hydrogen-bond acceptors (Lipinski definition) is 5. The summed E-state index contributed by atoms with van der Waals surface area (Å²) in [5.74, 6) is 0. The Kier molecular flexibility index (Phi) is 4.38. The predicted molar refractivity (Wildman–Crippen MR) is 80.0 cm³/mol. The van der Waals surface area contributed by atoms with Gasteiger partial charge in [0.15, 0.2) is 0 Å². The number of amides is 1. The average Bonchev–Trinajstić information content (AvgIpc) is 2.46. The molecule has 0 unspecified atom stereocenters. The molecule has 1 aliphatic rings. The summed E-state index contributed by atoms with van der Waals surface area (Å²) in [4.78, 5) is 17.7. The number of nitriles is 1. The molecule has 1 aromatic rings. The summed E-state index contributed by atoms with van der Waals surface area (Å²) in [6, 6.07) is 7.48. The van der Waals surface area contributed by atoms with Crippen molar-refractivity contribution >= 4 is 6.09 Å². The lowest BCUT2D eigenvalue weighted by atomic mass is 9.74. The first-order valence-electron chi connectivity index (χ1n) is 7.27. The number of aromatic nitrogens is 1. The number of likely N-dealkylation sites (tertiary alicyclic amines) is 1. The van der Waals surface area contributed by atoms with Gasteiger partial charge in [-0.3, -0.25) is 4.98 Å². The first-order valence-corrected chi connectivity index (χ1v) is 7.27. The van der Waals surface area contributed by atoms with E-state index in [4.69, 9.17) is 4.74 Å². The molecule has 2 heterocycles. The van der Waals surface area contributed by atoms with Crippen LogP contribution in [0.1, 0.15) is 32.9 Å². The normalized spacial score (nSPS) is 25.4. The van der Waals surface area contributed by atoms with Crippen molar-refractivity contribution in [3.63, 3.8) is 0 Å². The van der Waals surface area contributed by atoms with Crippen LogP contribution in [0, 0.1) is 11.3 Å². The number of carbonyl (C=O) groups is 1. The summed E-state index contributed by atoms with van der Waals surface area (Å²) < 4.78 is 5.31. The topological polar surface area (TPSA) is 86.5 Å². The Labute approximate surface area is 130 Å². The number of pyridine rings is 1. The van der Waals surface area contributed by atoms with Crippen molar-refractivity contribution in [1.82, 2.24) is 9.88 Å². The van der Waals surface area contributed by atoms with Crippen LogP contribution in [0.25, 0.3) is 0 Å². The van der Waals surface area contributed by atoms with Gasteiger partial charge >= 0.3 is 6.09 Å². The molecule has 2 atom stereocenters. The van der Waals surface area contributed by atoms with Crippen LogP contribution in [0.4, 0.5) is 4.79 Å². The van der Waals surface area contributed by atoms with Crippen molar-refractivity contribution in [1.29, 1.82) is 5.26 Å². The van der Waals surface area contributed by atoms with Gasteiger partial charge in [0.2, 0.25) is 0 Å². The molecule has 1 aliphatic heterocycles. The van der Waals surface area contributed by atoms with Crippen molar-refractivity contribution in [2.24, 2.45) is 0 Å². The molecule has 1 saturated heterocycles. The zero-order valence-electron chi connectivity index (χ0n) is 13.1. The molecular weight excluding hydrogens is 282 g/mol. The maximum Gasteiger partial charge on any atom is 0.410 e. The summed E-state index contributed by atoms with van der Waals surface area (Å²) in [6.07, 6.45) is 0.440. The fraction of sp³-hybridized carbons (Fsp3) is 0.562. The molecule has 0 aliphatic carbocycles. The van der Waals surface area contributed by atoms with Gasteiger partial charge in [-0.25, -0.2) is 4.79 Å². The minimum absolute atomic E-state index is 0.0546. The quantitative estimate of drug-likeness (QED) is 0.855. The number of rotatable bonds is 1. The summed E-state index contributed by atoms with van der Waals surface area (Å²) in [5, 5.41) is 20.1. The van der Waals surface area contributed by atoms with E-state index in [0.29, 0.717) is 18.7 Å². The first-order chi connectivity index (χ1) is 10.3. The molecule has 0 saturated carbocycles. The van der Waals surface area contributed by atoms with Gasteiger partial charge < -0.3 is 14.7 Å². The smallest absolute Gasteiger partial charge is 0.410 e. The van der Waals surface area contributed by atoms with Crippen LogP contribution in [-0.2, 0) is 10.2 Å². The standard InChI is InChI=1S/C16H21N3O3/c1-15(2,3)22-14(21)19-9-7-16(11-17,13(20)10-19)12-6-4-5-8-18-12/h4-6,8,13,20H,7,9-10H2,1-3H3/t13-,16-/m1/s1.